The molecule has 1 aromatic carbocycles. The predicted octanol–water partition coefficient (Wildman–Crippen LogP) is 3.18. The second-order valence-corrected chi connectivity index (χ2v) is 9.23. The molecule has 1 aliphatic heterocycles. The molecule has 3 atom stereocenters. The lowest BCUT2D eigenvalue weighted by molar-refractivity contribution is -0.137. The van der Waals surface area contributed by atoms with Gasteiger partial charge < -0.3 is 25.6 Å². The summed E-state index contributed by atoms with van der Waals surface area (Å²) in [5.41, 5.74) is -0.871. The summed E-state index contributed by atoms with van der Waals surface area (Å²) in [4.78, 5) is 12.3. The van der Waals surface area contributed by atoms with Crippen molar-refractivity contribution in [3.05, 3.63) is 41.7 Å². The van der Waals surface area contributed by atoms with Gasteiger partial charge in [-0.3, -0.25) is 4.68 Å². The highest BCUT2D eigenvalue weighted by Gasteiger charge is 2.36. The van der Waals surface area contributed by atoms with Crippen LogP contribution in [0.4, 0.5) is 23.7 Å². The fourth-order valence-corrected chi connectivity index (χ4v) is 4.70. The Morgan fingerprint density at radius 1 is 1.20 bits per heavy atom. The molecule has 2 aromatic rings. The summed E-state index contributed by atoms with van der Waals surface area (Å²) in [5.74, 6) is 0. The van der Waals surface area contributed by atoms with Crippen LogP contribution in [0.2, 0.25) is 0 Å². The van der Waals surface area contributed by atoms with Crippen molar-refractivity contribution in [1.29, 1.82) is 0 Å². The third-order valence-electron chi connectivity index (χ3n) is 6.71. The second kappa shape index (κ2) is 10.5. The first-order chi connectivity index (χ1) is 16.7. The van der Waals surface area contributed by atoms with Crippen LogP contribution in [0.3, 0.4) is 0 Å². The maximum atomic E-state index is 12.7. The van der Waals surface area contributed by atoms with E-state index in [9.17, 15) is 28.2 Å². The SMILES string of the molecule is O=C(Nc1ccc(C(F)(F)F)cc1)N[C@@H]1CC[C@@H](CCn2cc(C3(O)CCCC3)nn2)O[C@H]1CO. The van der Waals surface area contributed by atoms with E-state index in [0.29, 0.717) is 44.3 Å². The number of carbonyl (C=O) groups excluding carboxylic acids is 1. The molecule has 12 heteroatoms. The Bertz CT molecular complexity index is 992. The predicted molar refractivity (Wildman–Crippen MR) is 119 cm³/mol. The minimum Gasteiger partial charge on any atom is -0.394 e. The maximum absolute atomic E-state index is 12.7. The molecule has 0 bridgehead atoms. The molecule has 1 aliphatic carbocycles. The number of aliphatic hydroxyl groups excluding tert-OH is 1. The minimum absolute atomic E-state index is 0.148. The number of hydrogen-bond acceptors (Lipinski definition) is 6. The molecule has 0 unspecified atom stereocenters. The summed E-state index contributed by atoms with van der Waals surface area (Å²) in [6.07, 6.45) is 1.73. The Morgan fingerprint density at radius 3 is 2.57 bits per heavy atom. The number of benzene rings is 1. The van der Waals surface area contributed by atoms with Gasteiger partial charge >= 0.3 is 12.2 Å². The molecule has 2 fully saturated rings. The number of anilines is 1. The quantitative estimate of drug-likeness (QED) is 0.466. The fraction of sp³-hybridized carbons (Fsp3) is 0.609. The van der Waals surface area contributed by atoms with Crippen molar-refractivity contribution < 1.29 is 32.9 Å². The molecule has 0 radical (unpaired) electrons. The minimum atomic E-state index is -4.45. The van der Waals surface area contributed by atoms with Gasteiger partial charge in [-0.1, -0.05) is 18.1 Å². The first-order valence-corrected chi connectivity index (χ1v) is 11.8. The number of aryl methyl sites for hydroxylation is 1. The molecule has 9 nitrogen and oxygen atoms in total. The van der Waals surface area contributed by atoms with Gasteiger partial charge in [0.2, 0.25) is 0 Å². The van der Waals surface area contributed by atoms with Crippen molar-refractivity contribution in [1.82, 2.24) is 20.3 Å². The van der Waals surface area contributed by atoms with Gasteiger partial charge in [-0.2, -0.15) is 13.2 Å². The molecular formula is C23H30F3N5O4. The maximum Gasteiger partial charge on any atom is 0.416 e. The Balaban J connectivity index is 1.24. The smallest absolute Gasteiger partial charge is 0.394 e. The third-order valence-corrected chi connectivity index (χ3v) is 6.71. The van der Waals surface area contributed by atoms with Gasteiger partial charge in [-0.05, 0) is 56.4 Å². The summed E-state index contributed by atoms with van der Waals surface area (Å²) in [6.45, 7) is 0.251. The number of carbonyl (C=O) groups is 1. The monoisotopic (exact) mass is 497 g/mol. The second-order valence-electron chi connectivity index (χ2n) is 9.23. The summed E-state index contributed by atoms with van der Waals surface area (Å²) < 4.78 is 45.7. The van der Waals surface area contributed by atoms with E-state index in [1.54, 1.807) is 10.9 Å². The zero-order valence-corrected chi connectivity index (χ0v) is 19.2. The Kier molecular flexibility index (Phi) is 7.62. The van der Waals surface area contributed by atoms with Gasteiger partial charge in [0.15, 0.2) is 0 Å². The van der Waals surface area contributed by atoms with Crippen molar-refractivity contribution in [3.8, 4) is 0 Å². The molecule has 1 saturated heterocycles. The number of amides is 2. The van der Waals surface area contributed by atoms with Crippen LogP contribution in [0.1, 0.15) is 56.2 Å². The molecular weight excluding hydrogens is 467 g/mol. The Morgan fingerprint density at radius 2 is 1.91 bits per heavy atom. The van der Waals surface area contributed by atoms with E-state index in [-0.39, 0.29) is 18.4 Å². The standard InChI is InChI=1S/C23H30F3N5O4/c24-23(25,26)15-3-5-16(6-4-15)27-21(33)28-18-8-7-17(35-19(18)14-32)9-12-31-13-20(29-30-31)22(34)10-1-2-11-22/h3-6,13,17-19,32,34H,1-2,7-12,14H2,(H2,27,28,33)/t17-,18+,19-/m0/s1. The molecule has 2 heterocycles. The first-order valence-electron chi connectivity index (χ1n) is 11.8. The normalized spacial score (nSPS) is 24.3. The number of ether oxygens (including phenoxy) is 1. The highest BCUT2D eigenvalue weighted by Crippen LogP contribution is 2.37. The van der Waals surface area contributed by atoms with E-state index >= 15 is 0 Å². The van der Waals surface area contributed by atoms with Crippen molar-refractivity contribution >= 4 is 11.7 Å². The van der Waals surface area contributed by atoms with Crippen LogP contribution in [0.25, 0.3) is 0 Å². The van der Waals surface area contributed by atoms with Crippen LogP contribution < -0.4 is 10.6 Å². The molecule has 2 amide bonds. The van der Waals surface area contributed by atoms with Crippen LogP contribution in [0, 0.1) is 0 Å². The van der Waals surface area contributed by atoms with E-state index in [2.05, 4.69) is 20.9 Å². The van der Waals surface area contributed by atoms with Crippen LogP contribution >= 0.6 is 0 Å². The van der Waals surface area contributed by atoms with Gasteiger partial charge in [0.05, 0.1) is 30.5 Å². The molecule has 0 spiro atoms. The van der Waals surface area contributed by atoms with Crippen molar-refractivity contribution in [2.24, 2.45) is 0 Å². The largest absolute Gasteiger partial charge is 0.416 e. The summed E-state index contributed by atoms with van der Waals surface area (Å²) in [7, 11) is 0. The van der Waals surface area contributed by atoms with Crippen LogP contribution in [0.5, 0.6) is 0 Å². The summed E-state index contributed by atoms with van der Waals surface area (Å²) in [5, 5.41) is 33.9. The summed E-state index contributed by atoms with van der Waals surface area (Å²) >= 11 is 0. The number of urea groups is 1. The van der Waals surface area contributed by atoms with E-state index < -0.39 is 35.5 Å². The summed E-state index contributed by atoms with van der Waals surface area (Å²) in [6, 6.07) is 3.12. The first kappa shape index (κ1) is 25.4. The van der Waals surface area contributed by atoms with Crippen molar-refractivity contribution in [2.75, 3.05) is 11.9 Å². The van der Waals surface area contributed by atoms with Gasteiger partial charge in [-0.25, -0.2) is 4.79 Å². The van der Waals surface area contributed by atoms with Gasteiger partial charge in [0.25, 0.3) is 0 Å². The van der Waals surface area contributed by atoms with Crippen molar-refractivity contribution in [2.45, 2.75) is 81.5 Å². The Hall–Kier alpha value is -2.70. The van der Waals surface area contributed by atoms with Gasteiger partial charge in [0, 0.05) is 12.2 Å². The molecule has 192 valence electrons. The van der Waals surface area contributed by atoms with E-state index in [4.69, 9.17) is 4.74 Å². The molecule has 4 rings (SSSR count). The Labute approximate surface area is 200 Å². The molecule has 1 aromatic heterocycles. The number of alkyl halides is 3. The average molecular weight is 498 g/mol. The number of nitrogens with zero attached hydrogens (tertiary/aromatic N) is 3. The highest BCUT2D eigenvalue weighted by molar-refractivity contribution is 5.89. The van der Waals surface area contributed by atoms with E-state index in [1.165, 1.54) is 12.1 Å². The number of aromatic nitrogens is 3. The highest BCUT2D eigenvalue weighted by atomic mass is 19.4. The number of hydrogen-bond donors (Lipinski definition) is 4. The van der Waals surface area contributed by atoms with Gasteiger partial charge in [-0.15, -0.1) is 5.10 Å². The number of nitrogens with one attached hydrogen (secondary N) is 2. The zero-order chi connectivity index (χ0) is 25.1. The van der Waals surface area contributed by atoms with Crippen LogP contribution in [0.15, 0.2) is 30.5 Å². The lowest BCUT2D eigenvalue weighted by Gasteiger charge is -2.36. The molecule has 2 aliphatic rings. The molecule has 1 saturated carbocycles. The van der Waals surface area contributed by atoms with Crippen LogP contribution in [-0.2, 0) is 23.1 Å². The number of rotatable bonds is 7. The number of aliphatic hydroxyl groups is 2. The lowest BCUT2D eigenvalue weighted by Crippen LogP contribution is -2.52. The topological polar surface area (TPSA) is 122 Å². The molecule has 35 heavy (non-hydrogen) atoms. The fourth-order valence-electron chi connectivity index (χ4n) is 4.70. The van der Waals surface area contributed by atoms with Gasteiger partial charge in [0.1, 0.15) is 17.4 Å². The van der Waals surface area contributed by atoms with E-state index in [0.717, 1.165) is 25.0 Å². The number of halogens is 3. The van der Waals surface area contributed by atoms with E-state index in [1.807, 2.05) is 0 Å². The molecule has 4 N–H and O–H groups in total. The zero-order valence-electron chi connectivity index (χ0n) is 19.2. The van der Waals surface area contributed by atoms with Crippen LogP contribution in [-0.4, -0.2) is 56.1 Å². The third kappa shape index (κ3) is 6.30. The average Bonchev–Trinajstić information content (AvgIpc) is 3.48. The lowest BCUT2D eigenvalue weighted by atomic mass is 9.97. The van der Waals surface area contributed by atoms with Crippen molar-refractivity contribution in [3.63, 3.8) is 0 Å².